The number of nitrogens with one attached hydrogen (secondary N) is 1. The third-order valence-electron chi connectivity index (χ3n) is 3.53. The molecule has 6 heteroatoms. The summed E-state index contributed by atoms with van der Waals surface area (Å²) in [6, 6.07) is 9.34. The number of hydrogen-bond acceptors (Lipinski definition) is 3. The lowest BCUT2D eigenvalue weighted by Gasteiger charge is -2.17. The maximum absolute atomic E-state index is 12.2. The molecule has 4 nitrogen and oxygen atoms in total. The second-order valence-corrected chi connectivity index (χ2v) is 12.4. The van der Waals surface area contributed by atoms with E-state index in [0.717, 1.165) is 22.0 Å². The second-order valence-electron chi connectivity index (χ2n) is 6.27. The molecule has 1 heterocycles. The van der Waals surface area contributed by atoms with Crippen LogP contribution < -0.4 is 4.72 Å². The minimum Gasteiger partial charge on any atom is -0.417 e. The van der Waals surface area contributed by atoms with E-state index < -0.39 is 18.3 Å². The minimum absolute atomic E-state index is 0.378. The van der Waals surface area contributed by atoms with Gasteiger partial charge in [0.15, 0.2) is 8.32 Å². The van der Waals surface area contributed by atoms with E-state index in [1.54, 1.807) is 12.1 Å². The summed E-state index contributed by atoms with van der Waals surface area (Å²) in [6.07, 6.45) is 0.715. The molecule has 0 saturated carbocycles. The molecular weight excluding hydrogens is 302 g/mol. The van der Waals surface area contributed by atoms with Crippen molar-refractivity contribution < 1.29 is 12.8 Å². The van der Waals surface area contributed by atoms with Crippen molar-refractivity contribution in [2.45, 2.75) is 31.0 Å². The maximum Gasteiger partial charge on any atom is 0.262 e. The van der Waals surface area contributed by atoms with Gasteiger partial charge in [0, 0.05) is 12.0 Å². The highest BCUT2D eigenvalue weighted by molar-refractivity contribution is 7.93. The van der Waals surface area contributed by atoms with Gasteiger partial charge in [0.2, 0.25) is 0 Å². The molecule has 1 N–H and O–H groups in total. The van der Waals surface area contributed by atoms with E-state index in [9.17, 15) is 8.42 Å². The predicted molar refractivity (Wildman–Crippen MR) is 87.8 cm³/mol. The fourth-order valence-corrected chi connectivity index (χ4v) is 4.67. The second kappa shape index (κ2) is 4.83. The molecule has 0 unspecified atom stereocenters. The van der Waals surface area contributed by atoms with E-state index in [2.05, 4.69) is 24.4 Å². The predicted octanol–water partition coefficient (Wildman–Crippen LogP) is 3.35. The van der Waals surface area contributed by atoms with Crippen LogP contribution in [0, 0.1) is 0 Å². The first-order chi connectivity index (χ1) is 9.78. The van der Waals surface area contributed by atoms with Crippen molar-refractivity contribution in [3.05, 3.63) is 35.9 Å². The Morgan fingerprint density at radius 2 is 1.90 bits per heavy atom. The van der Waals surface area contributed by atoms with E-state index in [1.807, 2.05) is 18.2 Å². The first kappa shape index (κ1) is 14.6. The van der Waals surface area contributed by atoms with Crippen LogP contribution in [0.25, 0.3) is 10.8 Å². The molecule has 21 heavy (non-hydrogen) atoms. The molecular formula is C15H19NO3SSi. The molecule has 0 atom stereocenters. The van der Waals surface area contributed by atoms with Crippen LogP contribution in [-0.4, -0.2) is 23.3 Å². The van der Waals surface area contributed by atoms with E-state index >= 15 is 0 Å². The van der Waals surface area contributed by atoms with Gasteiger partial charge in [0.25, 0.3) is 10.0 Å². The first-order valence-corrected chi connectivity index (χ1v) is 11.9. The Labute approximate surface area is 126 Å². The van der Waals surface area contributed by atoms with Crippen LogP contribution in [0.15, 0.2) is 35.2 Å². The summed E-state index contributed by atoms with van der Waals surface area (Å²) < 4.78 is 32.9. The van der Waals surface area contributed by atoms with E-state index in [4.69, 9.17) is 4.43 Å². The monoisotopic (exact) mass is 321 g/mol. The van der Waals surface area contributed by atoms with Crippen LogP contribution >= 0.6 is 0 Å². The van der Waals surface area contributed by atoms with Gasteiger partial charge < -0.3 is 4.43 Å². The molecule has 0 saturated heterocycles. The summed E-state index contributed by atoms with van der Waals surface area (Å²) >= 11 is 0. The van der Waals surface area contributed by atoms with Gasteiger partial charge in [-0.25, -0.2) is 8.42 Å². The summed E-state index contributed by atoms with van der Waals surface area (Å²) in [7, 11) is -4.96. The smallest absolute Gasteiger partial charge is 0.262 e. The number of hydrogen-bond donors (Lipinski definition) is 1. The lowest BCUT2D eigenvalue weighted by Crippen LogP contribution is -2.26. The molecule has 0 aliphatic carbocycles. The third kappa shape index (κ3) is 2.71. The Kier molecular flexibility index (Phi) is 3.35. The normalized spacial score (nSPS) is 16.1. The molecule has 0 amide bonds. The SMILES string of the molecule is C[Si](C)(C)OCCc1ccc2cccc3c2c1NS3(=O)=O. The zero-order valence-electron chi connectivity index (χ0n) is 12.4. The molecule has 2 aromatic rings. The zero-order valence-corrected chi connectivity index (χ0v) is 14.3. The van der Waals surface area contributed by atoms with Gasteiger partial charge >= 0.3 is 0 Å². The molecule has 0 bridgehead atoms. The summed E-state index contributed by atoms with van der Waals surface area (Å²) in [5, 5.41) is 1.76. The number of rotatable bonds is 4. The van der Waals surface area contributed by atoms with Crippen LogP contribution in [0.2, 0.25) is 19.6 Å². The Hall–Kier alpha value is -1.37. The highest BCUT2D eigenvalue weighted by atomic mass is 32.2. The minimum atomic E-state index is -3.42. The molecule has 112 valence electrons. The van der Waals surface area contributed by atoms with Crippen LogP contribution in [0.5, 0.6) is 0 Å². The number of sulfonamides is 1. The maximum atomic E-state index is 12.2. The molecule has 0 radical (unpaired) electrons. The molecule has 0 spiro atoms. The Balaban J connectivity index is 1.99. The quantitative estimate of drug-likeness (QED) is 0.879. The fraction of sp³-hybridized carbons (Fsp3) is 0.333. The first-order valence-electron chi connectivity index (χ1n) is 6.99. The van der Waals surface area contributed by atoms with Crippen molar-refractivity contribution in [2.24, 2.45) is 0 Å². The van der Waals surface area contributed by atoms with Gasteiger partial charge in [-0.3, -0.25) is 4.72 Å². The van der Waals surface area contributed by atoms with Crippen molar-refractivity contribution in [2.75, 3.05) is 11.3 Å². The Morgan fingerprint density at radius 3 is 2.62 bits per heavy atom. The van der Waals surface area contributed by atoms with Crippen LogP contribution in [0.1, 0.15) is 5.56 Å². The summed E-state index contributed by atoms with van der Waals surface area (Å²) in [6.45, 7) is 7.06. The number of benzene rings is 2. The largest absolute Gasteiger partial charge is 0.417 e. The lowest BCUT2D eigenvalue weighted by molar-refractivity contribution is 0.316. The van der Waals surface area contributed by atoms with E-state index in [-0.39, 0.29) is 0 Å². The van der Waals surface area contributed by atoms with E-state index in [1.165, 1.54) is 0 Å². The van der Waals surface area contributed by atoms with Gasteiger partial charge in [-0.05, 0) is 43.1 Å². The average molecular weight is 321 g/mol. The van der Waals surface area contributed by atoms with Gasteiger partial charge in [-0.1, -0.05) is 24.3 Å². The summed E-state index contributed by atoms with van der Waals surface area (Å²) in [5.41, 5.74) is 1.72. The Bertz CT molecular complexity index is 810. The highest BCUT2D eigenvalue weighted by Gasteiger charge is 2.28. The highest BCUT2D eigenvalue weighted by Crippen LogP contribution is 2.39. The lowest BCUT2D eigenvalue weighted by atomic mass is 10.0. The van der Waals surface area contributed by atoms with Gasteiger partial charge in [-0.15, -0.1) is 0 Å². The molecule has 1 aliphatic heterocycles. The van der Waals surface area contributed by atoms with E-state index in [0.29, 0.717) is 17.9 Å². The molecule has 0 fully saturated rings. The van der Waals surface area contributed by atoms with Crippen molar-refractivity contribution >= 4 is 34.8 Å². The molecule has 0 aromatic heterocycles. The standard InChI is InChI=1S/C15H19NO3SSi/c1-21(2,3)19-10-9-12-8-7-11-5-4-6-13-14(11)15(12)16-20(13,17)18/h4-8,16H,9-10H2,1-3H3. The van der Waals surface area contributed by atoms with Gasteiger partial charge in [-0.2, -0.15) is 0 Å². The topological polar surface area (TPSA) is 55.4 Å². The van der Waals surface area contributed by atoms with Gasteiger partial charge in [0.1, 0.15) is 0 Å². The zero-order chi connectivity index (χ0) is 15.3. The molecule has 3 rings (SSSR count). The Morgan fingerprint density at radius 1 is 1.14 bits per heavy atom. The third-order valence-corrected chi connectivity index (χ3v) is 5.99. The average Bonchev–Trinajstić information content (AvgIpc) is 2.65. The van der Waals surface area contributed by atoms with Crippen LogP contribution in [0.4, 0.5) is 5.69 Å². The molecule has 2 aromatic carbocycles. The number of anilines is 1. The van der Waals surface area contributed by atoms with Crippen LogP contribution in [-0.2, 0) is 20.9 Å². The van der Waals surface area contributed by atoms with Crippen molar-refractivity contribution in [1.29, 1.82) is 0 Å². The van der Waals surface area contributed by atoms with Crippen molar-refractivity contribution in [3.8, 4) is 0 Å². The van der Waals surface area contributed by atoms with Crippen molar-refractivity contribution in [1.82, 2.24) is 0 Å². The van der Waals surface area contributed by atoms with Crippen molar-refractivity contribution in [3.63, 3.8) is 0 Å². The summed E-state index contributed by atoms with van der Waals surface area (Å²) in [5.74, 6) is 0. The molecule has 1 aliphatic rings. The van der Waals surface area contributed by atoms with Crippen LogP contribution in [0.3, 0.4) is 0 Å². The fourth-order valence-electron chi connectivity index (χ4n) is 2.59. The van der Waals surface area contributed by atoms with Gasteiger partial charge in [0.05, 0.1) is 10.6 Å². The summed E-state index contributed by atoms with van der Waals surface area (Å²) in [4.78, 5) is 0.378.